The highest BCUT2D eigenvalue weighted by Gasteiger charge is 2.29. The van der Waals surface area contributed by atoms with Crippen molar-refractivity contribution < 1.29 is 14.0 Å². The van der Waals surface area contributed by atoms with Crippen molar-refractivity contribution in [2.24, 2.45) is 5.92 Å². The number of Topliss-reactive ketones (excluding diaryl/α,β-unsaturated/α-hetero) is 1. The van der Waals surface area contributed by atoms with Crippen molar-refractivity contribution in [3.63, 3.8) is 0 Å². The topological polar surface area (TPSA) is 49.4 Å². The molecule has 0 radical (unpaired) electrons. The Morgan fingerprint density at radius 3 is 2.69 bits per heavy atom. The van der Waals surface area contributed by atoms with E-state index >= 15 is 0 Å². The monoisotopic (exact) mass is 380 g/mol. The Kier molecular flexibility index (Phi) is 6.65. The summed E-state index contributed by atoms with van der Waals surface area (Å²) in [6, 6.07) is 4.86. The van der Waals surface area contributed by atoms with Crippen molar-refractivity contribution in [1.82, 2.24) is 10.2 Å². The van der Waals surface area contributed by atoms with Crippen LogP contribution in [0.4, 0.5) is 4.39 Å². The zero-order valence-electron chi connectivity index (χ0n) is 15.0. The fraction of sp³-hybridized carbons (Fsp3) is 0.600. The molecule has 2 aliphatic rings. The van der Waals surface area contributed by atoms with Gasteiger partial charge in [0.15, 0.2) is 0 Å². The maximum atomic E-state index is 13.4. The van der Waals surface area contributed by atoms with Crippen molar-refractivity contribution in [2.45, 2.75) is 51.0 Å². The number of hydrogen-bond donors (Lipinski definition) is 1. The Morgan fingerprint density at radius 2 is 1.96 bits per heavy atom. The molecule has 26 heavy (non-hydrogen) atoms. The van der Waals surface area contributed by atoms with Gasteiger partial charge in [0.1, 0.15) is 5.82 Å². The first-order chi connectivity index (χ1) is 12.5. The van der Waals surface area contributed by atoms with Gasteiger partial charge in [0.05, 0.1) is 5.02 Å². The molecule has 1 heterocycles. The second-order valence-corrected chi connectivity index (χ2v) is 7.91. The molecule has 4 nitrogen and oxygen atoms in total. The summed E-state index contributed by atoms with van der Waals surface area (Å²) >= 11 is 5.63. The van der Waals surface area contributed by atoms with Crippen LogP contribution in [-0.2, 0) is 16.0 Å². The van der Waals surface area contributed by atoms with E-state index in [-0.39, 0.29) is 11.4 Å². The summed E-state index contributed by atoms with van der Waals surface area (Å²) in [6.45, 7) is 2.62. The van der Waals surface area contributed by atoms with Crippen LogP contribution in [0.15, 0.2) is 18.2 Å². The van der Waals surface area contributed by atoms with Crippen LogP contribution < -0.4 is 5.32 Å². The van der Waals surface area contributed by atoms with E-state index in [4.69, 9.17) is 11.6 Å². The molecular formula is C20H26ClFN2O2. The van der Waals surface area contributed by atoms with Crippen LogP contribution >= 0.6 is 11.6 Å². The molecule has 1 amide bonds. The van der Waals surface area contributed by atoms with Gasteiger partial charge in [-0.1, -0.05) is 36.9 Å². The van der Waals surface area contributed by atoms with E-state index in [1.165, 1.54) is 44.2 Å². The van der Waals surface area contributed by atoms with Gasteiger partial charge < -0.3 is 10.2 Å². The normalized spacial score (nSPS) is 21.7. The molecule has 1 aromatic carbocycles. The molecule has 1 atom stereocenters. The lowest BCUT2D eigenvalue weighted by atomic mass is 9.94. The molecule has 2 fully saturated rings. The van der Waals surface area contributed by atoms with Crippen molar-refractivity contribution in [1.29, 1.82) is 0 Å². The summed E-state index contributed by atoms with van der Waals surface area (Å²) in [6.07, 6.45) is 7.52. The van der Waals surface area contributed by atoms with E-state index in [0.29, 0.717) is 24.1 Å². The average molecular weight is 381 g/mol. The van der Waals surface area contributed by atoms with Gasteiger partial charge in [0.2, 0.25) is 5.78 Å². The second-order valence-electron chi connectivity index (χ2n) is 7.50. The zero-order chi connectivity index (χ0) is 18.5. The lowest BCUT2D eigenvalue weighted by molar-refractivity contribution is -0.137. The number of carbonyl (C=O) groups is 2. The van der Waals surface area contributed by atoms with Gasteiger partial charge in [0.25, 0.3) is 5.91 Å². The summed E-state index contributed by atoms with van der Waals surface area (Å²) in [7, 11) is 0. The third-order valence-electron chi connectivity index (χ3n) is 5.56. The molecular weight excluding hydrogens is 355 g/mol. The standard InChI is InChI=1S/C20H26ClFN2O2/c21-17-7-6-14(10-18(17)22)11-19(25)20(26)23-12-15-8-9-24(13-15)16-4-2-1-3-5-16/h6-7,10,15-16H,1-5,8-9,11-13H2,(H,23,26). The van der Waals surface area contributed by atoms with E-state index in [1.807, 2.05) is 0 Å². The Hall–Kier alpha value is -1.46. The predicted molar refractivity (Wildman–Crippen MR) is 99.7 cm³/mol. The fourth-order valence-electron chi connectivity index (χ4n) is 4.06. The lowest BCUT2D eigenvalue weighted by Gasteiger charge is -2.31. The molecule has 6 heteroatoms. The highest BCUT2D eigenvalue weighted by Crippen LogP contribution is 2.27. The molecule has 1 unspecified atom stereocenters. The summed E-state index contributed by atoms with van der Waals surface area (Å²) in [5, 5.41) is 2.77. The molecule has 1 N–H and O–H groups in total. The maximum absolute atomic E-state index is 13.4. The first kappa shape index (κ1) is 19.3. The number of ketones is 1. The second kappa shape index (κ2) is 8.96. The molecule has 1 saturated heterocycles. The van der Waals surface area contributed by atoms with E-state index in [0.717, 1.165) is 19.5 Å². The zero-order valence-corrected chi connectivity index (χ0v) is 15.7. The largest absolute Gasteiger partial charge is 0.349 e. The molecule has 1 aliphatic carbocycles. The number of nitrogens with one attached hydrogen (secondary N) is 1. The molecule has 0 spiro atoms. The minimum Gasteiger partial charge on any atom is -0.349 e. The van der Waals surface area contributed by atoms with E-state index in [9.17, 15) is 14.0 Å². The number of amides is 1. The van der Waals surface area contributed by atoms with Gasteiger partial charge in [-0.15, -0.1) is 0 Å². The van der Waals surface area contributed by atoms with Gasteiger partial charge in [0, 0.05) is 25.6 Å². The maximum Gasteiger partial charge on any atom is 0.287 e. The minimum absolute atomic E-state index is 0.00871. The van der Waals surface area contributed by atoms with E-state index in [2.05, 4.69) is 10.2 Å². The Labute approximate surface area is 159 Å². The molecule has 0 aromatic heterocycles. The number of hydrogen-bond acceptors (Lipinski definition) is 3. The van der Waals surface area contributed by atoms with Crippen molar-refractivity contribution in [3.8, 4) is 0 Å². The molecule has 1 aromatic rings. The number of likely N-dealkylation sites (tertiary alicyclic amines) is 1. The smallest absolute Gasteiger partial charge is 0.287 e. The molecule has 0 bridgehead atoms. The van der Waals surface area contributed by atoms with Crippen molar-refractivity contribution in [2.75, 3.05) is 19.6 Å². The highest BCUT2D eigenvalue weighted by molar-refractivity contribution is 6.36. The van der Waals surface area contributed by atoms with E-state index < -0.39 is 17.5 Å². The Morgan fingerprint density at radius 1 is 1.19 bits per heavy atom. The van der Waals surface area contributed by atoms with Gasteiger partial charge in [-0.25, -0.2) is 4.39 Å². The van der Waals surface area contributed by atoms with Crippen LogP contribution in [0.3, 0.4) is 0 Å². The Balaban J connectivity index is 1.42. The fourth-order valence-corrected chi connectivity index (χ4v) is 4.18. The number of rotatable bonds is 6. The molecule has 142 valence electrons. The molecule has 1 saturated carbocycles. The number of halogens is 2. The third kappa shape index (κ3) is 5.04. The van der Waals surface area contributed by atoms with Crippen LogP contribution in [0.5, 0.6) is 0 Å². The molecule has 1 aliphatic heterocycles. The molecule has 3 rings (SSSR count). The number of nitrogens with zero attached hydrogens (tertiary/aromatic N) is 1. The van der Waals surface area contributed by atoms with Crippen molar-refractivity contribution in [3.05, 3.63) is 34.6 Å². The summed E-state index contributed by atoms with van der Waals surface area (Å²) in [4.78, 5) is 26.6. The first-order valence-corrected chi connectivity index (χ1v) is 9.89. The van der Waals surface area contributed by atoms with Gasteiger partial charge in [-0.3, -0.25) is 9.59 Å². The van der Waals surface area contributed by atoms with Gasteiger partial charge in [-0.05, 0) is 49.4 Å². The van der Waals surface area contributed by atoms with Crippen LogP contribution in [0, 0.1) is 11.7 Å². The average Bonchev–Trinajstić information content (AvgIpc) is 3.12. The quantitative estimate of drug-likeness (QED) is 0.770. The van der Waals surface area contributed by atoms with Crippen LogP contribution in [-0.4, -0.2) is 42.3 Å². The summed E-state index contributed by atoms with van der Waals surface area (Å²) in [5.74, 6) is -1.31. The minimum atomic E-state index is -0.587. The third-order valence-corrected chi connectivity index (χ3v) is 5.87. The Bertz CT molecular complexity index is 661. The van der Waals surface area contributed by atoms with E-state index in [1.54, 1.807) is 6.07 Å². The van der Waals surface area contributed by atoms with Crippen LogP contribution in [0.25, 0.3) is 0 Å². The lowest BCUT2D eigenvalue weighted by Crippen LogP contribution is -2.38. The van der Waals surface area contributed by atoms with Crippen LogP contribution in [0.1, 0.15) is 44.1 Å². The highest BCUT2D eigenvalue weighted by atomic mass is 35.5. The summed E-state index contributed by atoms with van der Waals surface area (Å²) < 4.78 is 13.4. The predicted octanol–water partition coefficient (Wildman–Crippen LogP) is 3.36. The number of benzene rings is 1. The van der Waals surface area contributed by atoms with Gasteiger partial charge >= 0.3 is 0 Å². The number of carbonyl (C=O) groups excluding carboxylic acids is 2. The van der Waals surface area contributed by atoms with Crippen molar-refractivity contribution >= 4 is 23.3 Å². The first-order valence-electron chi connectivity index (χ1n) is 9.52. The van der Waals surface area contributed by atoms with Crippen LogP contribution in [0.2, 0.25) is 5.02 Å². The van der Waals surface area contributed by atoms with Gasteiger partial charge in [-0.2, -0.15) is 0 Å². The summed E-state index contributed by atoms with van der Waals surface area (Å²) in [5.41, 5.74) is 0.455. The SMILES string of the molecule is O=C(Cc1ccc(Cl)c(F)c1)C(=O)NCC1CCN(C2CCCCC2)C1.